The normalized spacial score (nSPS) is 22.9. The molecule has 0 amide bonds. The van der Waals surface area contributed by atoms with Gasteiger partial charge in [-0.05, 0) is 36.8 Å². The molecular weight excluding hydrogens is 265 g/mol. The van der Waals surface area contributed by atoms with Crippen molar-refractivity contribution in [2.24, 2.45) is 17.8 Å². The Morgan fingerprint density at radius 2 is 2.00 bits per heavy atom. The number of hydrogen-bond donors (Lipinski definition) is 1. The van der Waals surface area contributed by atoms with Gasteiger partial charge in [0.2, 0.25) is 0 Å². The molecule has 1 saturated heterocycles. The van der Waals surface area contributed by atoms with Crippen LogP contribution in [-0.2, 0) is 6.54 Å². The fourth-order valence-corrected chi connectivity index (χ4v) is 3.16. The number of pyridine rings is 1. The highest BCUT2D eigenvalue weighted by Gasteiger charge is 2.25. The molecule has 1 aliphatic heterocycles. The summed E-state index contributed by atoms with van der Waals surface area (Å²) in [5.74, 6) is 2.13. The third-order valence-corrected chi connectivity index (χ3v) is 3.99. The smallest absolute Gasteiger partial charge is 0.170 e. The zero-order chi connectivity index (χ0) is 15.4. The fraction of sp³-hybridized carbons (Fsp3) is 0.706. The van der Waals surface area contributed by atoms with Gasteiger partial charge in [-0.1, -0.05) is 27.7 Å². The molecule has 2 atom stereocenters. The molecule has 0 aliphatic carbocycles. The van der Waals surface area contributed by atoms with Crippen LogP contribution in [0.15, 0.2) is 12.3 Å². The van der Waals surface area contributed by atoms with Gasteiger partial charge in [0.1, 0.15) is 0 Å². The van der Waals surface area contributed by atoms with Crippen molar-refractivity contribution in [1.82, 2.24) is 10.3 Å². The molecule has 0 radical (unpaired) electrons. The van der Waals surface area contributed by atoms with Crippen LogP contribution in [0.25, 0.3) is 0 Å². The van der Waals surface area contributed by atoms with E-state index in [0.29, 0.717) is 35.7 Å². The Kier molecular flexibility index (Phi) is 5.57. The summed E-state index contributed by atoms with van der Waals surface area (Å²) in [6.07, 6.45) is 2.95. The number of aromatic nitrogens is 1. The summed E-state index contributed by atoms with van der Waals surface area (Å²) in [6.45, 7) is 12.0. The SMILES string of the molecule is CC(C)CNCc1ccnc(N2CC(C)CC(C)C2)c1F. The number of anilines is 1. The maximum absolute atomic E-state index is 14.7. The first-order valence-electron chi connectivity index (χ1n) is 8.06. The summed E-state index contributed by atoms with van der Waals surface area (Å²) in [6, 6.07) is 1.78. The molecule has 0 saturated carbocycles. The van der Waals surface area contributed by atoms with Crippen LogP contribution in [0.2, 0.25) is 0 Å². The minimum absolute atomic E-state index is 0.157. The number of nitrogens with zero attached hydrogens (tertiary/aromatic N) is 2. The Balaban J connectivity index is 2.09. The Morgan fingerprint density at radius 3 is 2.62 bits per heavy atom. The molecule has 1 N–H and O–H groups in total. The van der Waals surface area contributed by atoms with Gasteiger partial charge in [0.05, 0.1) is 0 Å². The van der Waals surface area contributed by atoms with Crippen LogP contribution in [0.4, 0.5) is 10.2 Å². The highest BCUT2D eigenvalue weighted by atomic mass is 19.1. The topological polar surface area (TPSA) is 28.2 Å². The molecule has 1 fully saturated rings. The van der Waals surface area contributed by atoms with E-state index in [0.717, 1.165) is 19.6 Å². The first-order chi connectivity index (χ1) is 9.97. The molecule has 1 aliphatic rings. The second-order valence-corrected chi connectivity index (χ2v) is 6.98. The summed E-state index contributed by atoms with van der Waals surface area (Å²) in [5, 5.41) is 3.30. The molecule has 0 spiro atoms. The van der Waals surface area contributed by atoms with E-state index in [1.807, 2.05) is 0 Å². The Morgan fingerprint density at radius 1 is 1.33 bits per heavy atom. The lowest BCUT2D eigenvalue weighted by atomic mass is 9.92. The van der Waals surface area contributed by atoms with Crippen molar-refractivity contribution in [3.05, 3.63) is 23.6 Å². The van der Waals surface area contributed by atoms with Gasteiger partial charge >= 0.3 is 0 Å². The van der Waals surface area contributed by atoms with E-state index >= 15 is 0 Å². The molecule has 4 heteroatoms. The van der Waals surface area contributed by atoms with Crippen molar-refractivity contribution in [2.45, 2.75) is 40.7 Å². The van der Waals surface area contributed by atoms with Crippen LogP contribution in [-0.4, -0.2) is 24.6 Å². The largest absolute Gasteiger partial charge is 0.354 e. The van der Waals surface area contributed by atoms with Gasteiger partial charge in [0.25, 0.3) is 0 Å². The molecule has 1 aromatic heterocycles. The summed E-state index contributed by atoms with van der Waals surface area (Å²) < 4.78 is 14.7. The number of nitrogens with one attached hydrogen (secondary N) is 1. The maximum Gasteiger partial charge on any atom is 0.170 e. The minimum Gasteiger partial charge on any atom is -0.354 e. The van der Waals surface area contributed by atoms with Crippen LogP contribution >= 0.6 is 0 Å². The van der Waals surface area contributed by atoms with Gasteiger partial charge in [-0.25, -0.2) is 9.37 Å². The predicted molar refractivity (Wildman–Crippen MR) is 85.9 cm³/mol. The van der Waals surface area contributed by atoms with Gasteiger partial charge in [0.15, 0.2) is 11.6 Å². The van der Waals surface area contributed by atoms with E-state index in [4.69, 9.17) is 0 Å². The highest BCUT2D eigenvalue weighted by Crippen LogP contribution is 2.27. The number of hydrogen-bond acceptors (Lipinski definition) is 3. The Hall–Kier alpha value is -1.16. The van der Waals surface area contributed by atoms with E-state index < -0.39 is 0 Å². The van der Waals surface area contributed by atoms with Crippen molar-refractivity contribution < 1.29 is 4.39 Å². The molecule has 118 valence electrons. The van der Waals surface area contributed by atoms with Crippen LogP contribution < -0.4 is 10.2 Å². The summed E-state index contributed by atoms with van der Waals surface area (Å²) in [7, 11) is 0. The number of piperidine rings is 1. The average Bonchev–Trinajstić information content (AvgIpc) is 2.39. The molecule has 0 aromatic carbocycles. The lowest BCUT2D eigenvalue weighted by molar-refractivity contribution is 0.352. The lowest BCUT2D eigenvalue weighted by Gasteiger charge is -2.36. The Labute approximate surface area is 127 Å². The predicted octanol–water partition coefficient (Wildman–Crippen LogP) is 3.45. The van der Waals surface area contributed by atoms with Crippen LogP contribution in [0, 0.1) is 23.6 Å². The lowest BCUT2D eigenvalue weighted by Crippen LogP contribution is -2.39. The van der Waals surface area contributed by atoms with Crippen molar-refractivity contribution >= 4 is 5.82 Å². The summed E-state index contributed by atoms with van der Waals surface area (Å²) in [5.41, 5.74) is 0.714. The van der Waals surface area contributed by atoms with E-state index in [9.17, 15) is 4.39 Å². The monoisotopic (exact) mass is 293 g/mol. The molecule has 0 bridgehead atoms. The average molecular weight is 293 g/mol. The van der Waals surface area contributed by atoms with Crippen LogP contribution in [0.5, 0.6) is 0 Å². The molecule has 2 heterocycles. The van der Waals surface area contributed by atoms with E-state index in [1.165, 1.54) is 6.42 Å². The quantitative estimate of drug-likeness (QED) is 0.901. The van der Waals surface area contributed by atoms with Crippen LogP contribution in [0.3, 0.4) is 0 Å². The third-order valence-electron chi connectivity index (χ3n) is 3.99. The highest BCUT2D eigenvalue weighted by molar-refractivity contribution is 5.43. The van der Waals surface area contributed by atoms with Crippen LogP contribution in [0.1, 0.15) is 39.7 Å². The van der Waals surface area contributed by atoms with E-state index in [1.54, 1.807) is 12.3 Å². The molecule has 2 unspecified atom stereocenters. The molecule has 2 rings (SSSR count). The zero-order valence-electron chi connectivity index (χ0n) is 13.7. The second-order valence-electron chi connectivity index (χ2n) is 6.98. The summed E-state index contributed by atoms with van der Waals surface area (Å²) >= 11 is 0. The fourth-order valence-electron chi connectivity index (χ4n) is 3.16. The van der Waals surface area contributed by atoms with Gasteiger partial charge in [0, 0.05) is 31.4 Å². The Bertz CT molecular complexity index is 451. The second kappa shape index (κ2) is 7.21. The van der Waals surface area contributed by atoms with Gasteiger partial charge in [-0.2, -0.15) is 0 Å². The van der Waals surface area contributed by atoms with E-state index in [-0.39, 0.29) is 5.82 Å². The third kappa shape index (κ3) is 4.40. The van der Waals surface area contributed by atoms with Crippen molar-refractivity contribution in [1.29, 1.82) is 0 Å². The number of halogens is 1. The molecule has 3 nitrogen and oxygen atoms in total. The van der Waals surface area contributed by atoms with E-state index in [2.05, 4.69) is 42.9 Å². The number of rotatable bonds is 5. The molecule has 21 heavy (non-hydrogen) atoms. The summed E-state index contributed by atoms with van der Waals surface area (Å²) in [4.78, 5) is 6.41. The van der Waals surface area contributed by atoms with Gasteiger partial charge in [-0.15, -0.1) is 0 Å². The van der Waals surface area contributed by atoms with Crippen molar-refractivity contribution in [3.8, 4) is 0 Å². The van der Waals surface area contributed by atoms with Crippen molar-refractivity contribution in [2.75, 3.05) is 24.5 Å². The van der Waals surface area contributed by atoms with Crippen molar-refractivity contribution in [3.63, 3.8) is 0 Å². The zero-order valence-corrected chi connectivity index (χ0v) is 13.7. The molecule has 1 aromatic rings. The first kappa shape index (κ1) is 16.2. The minimum atomic E-state index is -0.157. The van der Waals surface area contributed by atoms with Gasteiger partial charge in [-0.3, -0.25) is 0 Å². The maximum atomic E-state index is 14.7. The van der Waals surface area contributed by atoms with Gasteiger partial charge < -0.3 is 10.2 Å². The standard InChI is InChI=1S/C17H28FN3/c1-12(2)8-19-9-15-5-6-20-17(16(15)18)21-10-13(3)7-14(4)11-21/h5-6,12-14,19H,7-11H2,1-4H3. The first-order valence-corrected chi connectivity index (χ1v) is 8.06. The molecular formula is C17H28FN3.